The van der Waals surface area contributed by atoms with Crippen LogP contribution in [0.25, 0.3) is 22.1 Å². The Morgan fingerprint density at radius 2 is 1.78 bits per heavy atom. The summed E-state index contributed by atoms with van der Waals surface area (Å²) in [5, 5.41) is 0.785. The molecule has 5 heteroatoms. The van der Waals surface area contributed by atoms with E-state index in [1.54, 1.807) is 36.4 Å². The molecule has 0 saturated carbocycles. The lowest BCUT2D eigenvalue weighted by atomic mass is 10.0. The maximum atomic E-state index is 12.3. The molecule has 3 rings (SSSR count). The molecule has 1 heterocycles. The molecule has 23 heavy (non-hydrogen) atoms. The van der Waals surface area contributed by atoms with Crippen molar-refractivity contribution in [2.75, 3.05) is 14.2 Å². The number of rotatable bonds is 3. The number of carbonyl (C=O) groups excluding carboxylic acids is 1. The van der Waals surface area contributed by atoms with Crippen LogP contribution in [0.5, 0.6) is 5.75 Å². The Labute approximate surface area is 132 Å². The molecule has 2 aromatic carbocycles. The van der Waals surface area contributed by atoms with Gasteiger partial charge in [0.2, 0.25) is 0 Å². The second kappa shape index (κ2) is 5.96. The van der Waals surface area contributed by atoms with Crippen molar-refractivity contribution in [1.29, 1.82) is 0 Å². The van der Waals surface area contributed by atoms with E-state index in [0.29, 0.717) is 28.0 Å². The van der Waals surface area contributed by atoms with Gasteiger partial charge in [-0.25, -0.2) is 9.59 Å². The fraction of sp³-hybridized carbons (Fsp3) is 0.111. The van der Waals surface area contributed by atoms with Crippen molar-refractivity contribution in [2.45, 2.75) is 0 Å². The van der Waals surface area contributed by atoms with Crippen molar-refractivity contribution in [3.8, 4) is 16.9 Å². The third-order valence-corrected chi connectivity index (χ3v) is 3.55. The van der Waals surface area contributed by atoms with Crippen molar-refractivity contribution in [2.24, 2.45) is 0 Å². The molecule has 0 amide bonds. The quantitative estimate of drug-likeness (QED) is 0.549. The molecule has 0 spiro atoms. The number of hydrogen-bond acceptors (Lipinski definition) is 5. The maximum absolute atomic E-state index is 12.3. The highest BCUT2D eigenvalue weighted by atomic mass is 16.5. The van der Waals surface area contributed by atoms with Crippen LogP contribution in [0.4, 0.5) is 0 Å². The van der Waals surface area contributed by atoms with Crippen LogP contribution in [-0.4, -0.2) is 20.2 Å². The van der Waals surface area contributed by atoms with E-state index in [0.717, 1.165) is 5.39 Å². The van der Waals surface area contributed by atoms with Gasteiger partial charge >= 0.3 is 11.6 Å². The van der Waals surface area contributed by atoms with Crippen molar-refractivity contribution >= 4 is 16.9 Å². The van der Waals surface area contributed by atoms with Gasteiger partial charge in [-0.15, -0.1) is 0 Å². The lowest BCUT2D eigenvalue weighted by molar-refractivity contribution is 0.0600. The first-order chi connectivity index (χ1) is 11.1. The SMILES string of the molecule is COC(=O)c1ccc(OC)c(-c2cc3ccccc3oc2=O)c1. The van der Waals surface area contributed by atoms with E-state index >= 15 is 0 Å². The van der Waals surface area contributed by atoms with Crippen molar-refractivity contribution in [3.05, 3.63) is 64.5 Å². The number of hydrogen-bond donors (Lipinski definition) is 0. The van der Waals surface area contributed by atoms with E-state index in [4.69, 9.17) is 13.9 Å². The van der Waals surface area contributed by atoms with Gasteiger partial charge < -0.3 is 13.9 Å². The number of para-hydroxylation sites is 1. The van der Waals surface area contributed by atoms with Gasteiger partial charge in [0.1, 0.15) is 11.3 Å². The van der Waals surface area contributed by atoms with E-state index in [9.17, 15) is 9.59 Å². The first-order valence-corrected chi connectivity index (χ1v) is 6.93. The number of ether oxygens (including phenoxy) is 2. The molecule has 1 aromatic heterocycles. The largest absolute Gasteiger partial charge is 0.496 e. The minimum Gasteiger partial charge on any atom is -0.496 e. The Morgan fingerprint density at radius 3 is 2.52 bits per heavy atom. The number of esters is 1. The highest BCUT2D eigenvalue weighted by Crippen LogP contribution is 2.30. The fourth-order valence-corrected chi connectivity index (χ4v) is 2.41. The van der Waals surface area contributed by atoms with Gasteiger partial charge in [0.25, 0.3) is 0 Å². The van der Waals surface area contributed by atoms with Crippen LogP contribution >= 0.6 is 0 Å². The Hall–Kier alpha value is -3.08. The van der Waals surface area contributed by atoms with Crippen LogP contribution in [-0.2, 0) is 4.74 Å². The average molecular weight is 310 g/mol. The lowest BCUT2D eigenvalue weighted by Crippen LogP contribution is -2.06. The van der Waals surface area contributed by atoms with E-state index < -0.39 is 11.6 Å². The molecular formula is C18H14O5. The number of carbonyl (C=O) groups is 1. The van der Waals surface area contributed by atoms with Gasteiger partial charge in [-0.05, 0) is 30.3 Å². The van der Waals surface area contributed by atoms with Crippen molar-refractivity contribution < 1.29 is 18.7 Å². The number of fused-ring (bicyclic) bond motifs is 1. The normalized spacial score (nSPS) is 10.5. The molecule has 0 aliphatic rings. The van der Waals surface area contributed by atoms with Gasteiger partial charge in [-0.3, -0.25) is 0 Å². The molecule has 0 atom stereocenters. The zero-order valence-corrected chi connectivity index (χ0v) is 12.7. The molecule has 0 aliphatic carbocycles. The highest BCUT2D eigenvalue weighted by molar-refractivity contribution is 5.92. The van der Waals surface area contributed by atoms with Crippen LogP contribution in [0, 0.1) is 0 Å². The predicted octanol–water partition coefficient (Wildman–Crippen LogP) is 3.26. The monoisotopic (exact) mass is 310 g/mol. The van der Waals surface area contributed by atoms with E-state index in [2.05, 4.69) is 0 Å². The zero-order chi connectivity index (χ0) is 16.4. The van der Waals surface area contributed by atoms with Crippen LogP contribution in [0.15, 0.2) is 57.7 Å². The molecule has 0 N–H and O–H groups in total. The third-order valence-electron chi connectivity index (χ3n) is 3.55. The van der Waals surface area contributed by atoms with E-state index in [-0.39, 0.29) is 0 Å². The molecular weight excluding hydrogens is 296 g/mol. The molecule has 0 unspecified atom stereocenters. The zero-order valence-electron chi connectivity index (χ0n) is 12.7. The number of benzene rings is 2. The summed E-state index contributed by atoms with van der Waals surface area (Å²) in [6.45, 7) is 0. The molecule has 0 fully saturated rings. The summed E-state index contributed by atoms with van der Waals surface area (Å²) in [7, 11) is 2.80. The van der Waals surface area contributed by atoms with Gasteiger partial charge in [0, 0.05) is 10.9 Å². The van der Waals surface area contributed by atoms with Crippen molar-refractivity contribution in [1.82, 2.24) is 0 Å². The lowest BCUT2D eigenvalue weighted by Gasteiger charge is -2.10. The average Bonchev–Trinajstić information content (AvgIpc) is 2.59. The summed E-state index contributed by atoms with van der Waals surface area (Å²) in [6, 6.07) is 13.7. The molecule has 0 aliphatic heterocycles. The maximum Gasteiger partial charge on any atom is 0.344 e. The summed E-state index contributed by atoms with van der Waals surface area (Å²) in [6.07, 6.45) is 0. The summed E-state index contributed by atoms with van der Waals surface area (Å²) in [5.41, 5.74) is 1.14. The second-order valence-corrected chi connectivity index (χ2v) is 4.89. The summed E-state index contributed by atoms with van der Waals surface area (Å²) in [5.74, 6) is -0.0145. The molecule has 0 bridgehead atoms. The summed E-state index contributed by atoms with van der Waals surface area (Å²) in [4.78, 5) is 24.0. The Kier molecular flexibility index (Phi) is 3.85. The first kappa shape index (κ1) is 14.8. The fourth-order valence-electron chi connectivity index (χ4n) is 2.41. The van der Waals surface area contributed by atoms with Crippen LogP contribution < -0.4 is 10.4 Å². The van der Waals surface area contributed by atoms with E-state index in [1.807, 2.05) is 12.1 Å². The van der Waals surface area contributed by atoms with Gasteiger partial charge in [-0.2, -0.15) is 0 Å². The smallest absolute Gasteiger partial charge is 0.344 e. The van der Waals surface area contributed by atoms with E-state index in [1.165, 1.54) is 14.2 Å². The van der Waals surface area contributed by atoms with Crippen LogP contribution in [0.2, 0.25) is 0 Å². The minimum absolute atomic E-state index is 0.325. The van der Waals surface area contributed by atoms with Crippen LogP contribution in [0.1, 0.15) is 10.4 Å². The van der Waals surface area contributed by atoms with Gasteiger partial charge in [0.15, 0.2) is 0 Å². The predicted molar refractivity (Wildman–Crippen MR) is 85.8 cm³/mol. The van der Waals surface area contributed by atoms with Crippen LogP contribution in [0.3, 0.4) is 0 Å². The second-order valence-electron chi connectivity index (χ2n) is 4.89. The minimum atomic E-state index is -0.496. The third kappa shape index (κ3) is 2.68. The highest BCUT2D eigenvalue weighted by Gasteiger charge is 2.16. The van der Waals surface area contributed by atoms with Gasteiger partial charge in [0.05, 0.1) is 25.3 Å². The van der Waals surface area contributed by atoms with Crippen molar-refractivity contribution in [3.63, 3.8) is 0 Å². The summed E-state index contributed by atoms with van der Waals surface area (Å²) < 4.78 is 15.4. The molecule has 116 valence electrons. The standard InChI is InChI=1S/C18H14O5/c1-21-16-8-7-12(17(19)22-2)10-13(16)14-9-11-5-3-4-6-15(11)23-18(14)20/h3-10H,1-2H3. The molecule has 5 nitrogen and oxygen atoms in total. The first-order valence-electron chi connectivity index (χ1n) is 6.93. The van der Waals surface area contributed by atoms with Gasteiger partial charge in [-0.1, -0.05) is 18.2 Å². The Balaban J connectivity index is 2.26. The molecule has 0 radical (unpaired) electrons. The number of methoxy groups -OCH3 is 2. The Bertz CT molecular complexity index is 940. The topological polar surface area (TPSA) is 65.7 Å². The summed E-state index contributed by atoms with van der Waals surface area (Å²) >= 11 is 0. The molecule has 0 saturated heterocycles. The molecule has 3 aromatic rings. The Morgan fingerprint density at radius 1 is 1.00 bits per heavy atom.